The van der Waals surface area contributed by atoms with E-state index in [0.717, 1.165) is 12.1 Å². The third-order valence-electron chi connectivity index (χ3n) is 4.00. The lowest BCUT2D eigenvalue weighted by Gasteiger charge is -2.13. The van der Waals surface area contributed by atoms with Crippen molar-refractivity contribution in [2.24, 2.45) is 11.5 Å². The maximum absolute atomic E-state index is 11.6. The average Bonchev–Trinajstić information content (AvgIpc) is 2.89. The molecule has 4 aromatic rings. The lowest BCUT2D eigenvalue weighted by atomic mass is 10.1. The molecule has 0 spiro atoms. The molecule has 0 atom stereocenters. The van der Waals surface area contributed by atoms with E-state index in [-0.39, 0.29) is 17.0 Å². The molecule has 14 nitrogen and oxygen atoms in total. The molecule has 0 aliphatic rings. The van der Waals surface area contributed by atoms with Gasteiger partial charge in [0.25, 0.3) is 20.2 Å². The summed E-state index contributed by atoms with van der Waals surface area (Å²) in [6.45, 7) is 0. The second-order valence-corrected chi connectivity index (χ2v) is 9.15. The van der Waals surface area contributed by atoms with Crippen LogP contribution in [-0.2, 0) is 20.2 Å². The maximum atomic E-state index is 11.6. The van der Waals surface area contributed by atoms with Crippen molar-refractivity contribution in [2.45, 2.75) is 9.79 Å². The number of rotatable bonds is 4. The minimum absolute atomic E-state index is 0.0204. The summed E-state index contributed by atoms with van der Waals surface area (Å²) in [7, 11) is -9.94. The zero-order valence-corrected chi connectivity index (χ0v) is 19.9. The van der Waals surface area contributed by atoms with E-state index < -0.39 is 30.0 Å². The SMILES string of the molecule is NC(=C(N)c1cccc(S(=O)(=O)O)c1S(=O)(=O)O)c1ccccc1.c1cnnnc1.c1cnnnc1. The van der Waals surface area contributed by atoms with Gasteiger partial charge in [0.2, 0.25) is 0 Å². The van der Waals surface area contributed by atoms with Gasteiger partial charge in [0.1, 0.15) is 9.79 Å². The highest BCUT2D eigenvalue weighted by Gasteiger charge is 2.28. The number of benzene rings is 2. The Kier molecular flexibility index (Phi) is 9.99. The minimum atomic E-state index is -5.02. The van der Waals surface area contributed by atoms with Crippen LogP contribution in [0.3, 0.4) is 0 Å². The normalized spacial score (nSPS) is 11.6. The van der Waals surface area contributed by atoms with Gasteiger partial charge < -0.3 is 11.5 Å². The van der Waals surface area contributed by atoms with Crippen LogP contribution in [0.25, 0.3) is 11.4 Å². The fourth-order valence-electron chi connectivity index (χ4n) is 2.53. The smallest absolute Gasteiger partial charge is 0.296 e. The summed E-state index contributed by atoms with van der Waals surface area (Å²) in [6.07, 6.45) is 6.31. The highest BCUT2D eigenvalue weighted by Crippen LogP contribution is 2.30. The molecule has 0 aliphatic carbocycles. The van der Waals surface area contributed by atoms with E-state index in [4.69, 9.17) is 11.5 Å². The molecule has 16 heteroatoms. The molecule has 0 aliphatic heterocycles. The van der Waals surface area contributed by atoms with Crippen LogP contribution >= 0.6 is 0 Å². The molecule has 6 N–H and O–H groups in total. The second kappa shape index (κ2) is 12.9. The van der Waals surface area contributed by atoms with Gasteiger partial charge in [-0.15, -0.1) is 20.4 Å². The van der Waals surface area contributed by atoms with E-state index in [1.807, 2.05) is 0 Å². The van der Waals surface area contributed by atoms with Crippen LogP contribution in [0, 0.1) is 0 Å². The lowest BCUT2D eigenvalue weighted by molar-refractivity contribution is 0.466. The van der Waals surface area contributed by atoms with Crippen LogP contribution in [0.2, 0.25) is 0 Å². The molecule has 0 unspecified atom stereocenters. The molecule has 0 saturated heterocycles. The summed E-state index contributed by atoms with van der Waals surface area (Å²) < 4.78 is 64.7. The Morgan fingerprint density at radius 3 is 1.47 bits per heavy atom. The second-order valence-electron chi connectivity index (χ2n) is 6.40. The Hall–Kier alpha value is -4.38. The van der Waals surface area contributed by atoms with Gasteiger partial charge in [-0.25, -0.2) is 0 Å². The molecule has 0 radical (unpaired) electrons. The highest BCUT2D eigenvalue weighted by molar-refractivity contribution is 7.89. The Morgan fingerprint density at radius 1 is 0.611 bits per heavy atom. The molecule has 2 heterocycles. The van der Waals surface area contributed by atoms with E-state index in [0.29, 0.717) is 5.56 Å². The van der Waals surface area contributed by atoms with Crippen molar-refractivity contribution in [3.05, 3.63) is 96.6 Å². The summed E-state index contributed by atoms with van der Waals surface area (Å²) >= 11 is 0. The van der Waals surface area contributed by atoms with Crippen LogP contribution in [0.5, 0.6) is 0 Å². The number of aromatic nitrogens is 6. The van der Waals surface area contributed by atoms with E-state index in [1.54, 1.807) is 67.3 Å². The number of hydrogen-bond acceptors (Lipinski definition) is 12. The molecule has 2 aromatic carbocycles. The summed E-state index contributed by atoms with van der Waals surface area (Å²) in [5.74, 6) is 0. The van der Waals surface area contributed by atoms with Gasteiger partial charge in [-0.05, 0) is 34.2 Å². The van der Waals surface area contributed by atoms with Gasteiger partial charge in [-0.2, -0.15) is 16.8 Å². The van der Waals surface area contributed by atoms with Crippen molar-refractivity contribution < 1.29 is 25.9 Å². The van der Waals surface area contributed by atoms with Gasteiger partial charge in [0, 0.05) is 5.56 Å². The number of nitrogens with two attached hydrogens (primary N) is 2. The van der Waals surface area contributed by atoms with Gasteiger partial charge in [-0.1, -0.05) is 42.5 Å². The van der Waals surface area contributed by atoms with Crippen LogP contribution < -0.4 is 11.5 Å². The minimum Gasteiger partial charge on any atom is -0.397 e. The Labute approximate surface area is 206 Å². The maximum Gasteiger partial charge on any atom is 0.296 e. The Bertz CT molecular complexity index is 1400. The molecular formula is C20H20N8O6S2. The first kappa shape index (κ1) is 27.9. The molecule has 188 valence electrons. The van der Waals surface area contributed by atoms with Crippen molar-refractivity contribution in [2.75, 3.05) is 0 Å². The van der Waals surface area contributed by atoms with Gasteiger partial charge in [-0.3, -0.25) is 9.11 Å². The summed E-state index contributed by atoms with van der Waals surface area (Å²) in [5, 5.41) is 20.3. The van der Waals surface area contributed by atoms with Crippen LogP contribution in [0.15, 0.2) is 95.2 Å². The Balaban J connectivity index is 0.000000306. The van der Waals surface area contributed by atoms with E-state index in [2.05, 4.69) is 30.8 Å². The standard InChI is InChI=1S/C14H14N2O6S2.2C3H3N3/c15-12(9-5-2-1-3-6-9)13(16)10-7-4-8-11(23(17,18)19)14(10)24(20,21)22;2*1-2-4-6-5-3-1/h1-8H,15-16H2,(H,17,18,19)(H,20,21,22);2*1-3H. The van der Waals surface area contributed by atoms with Crippen molar-refractivity contribution in [3.8, 4) is 0 Å². The molecule has 0 amide bonds. The van der Waals surface area contributed by atoms with Crippen molar-refractivity contribution in [3.63, 3.8) is 0 Å². The predicted molar refractivity (Wildman–Crippen MR) is 127 cm³/mol. The molecule has 4 rings (SSSR count). The molecule has 2 aromatic heterocycles. The van der Waals surface area contributed by atoms with Gasteiger partial charge >= 0.3 is 0 Å². The molecule has 0 bridgehead atoms. The zero-order valence-electron chi connectivity index (χ0n) is 18.3. The quantitative estimate of drug-likeness (QED) is 0.209. The Morgan fingerprint density at radius 2 is 1.11 bits per heavy atom. The van der Waals surface area contributed by atoms with Crippen LogP contribution in [-0.4, -0.2) is 56.8 Å². The topological polar surface area (TPSA) is 238 Å². The first-order chi connectivity index (χ1) is 17.0. The van der Waals surface area contributed by atoms with Crippen molar-refractivity contribution >= 4 is 31.6 Å². The fourth-order valence-corrected chi connectivity index (χ4v) is 4.53. The summed E-state index contributed by atoms with van der Waals surface area (Å²) in [4.78, 5) is -2.03. The van der Waals surface area contributed by atoms with Crippen LogP contribution in [0.1, 0.15) is 11.1 Å². The summed E-state index contributed by atoms with van der Waals surface area (Å²) in [6, 6.07) is 14.9. The third kappa shape index (κ3) is 8.44. The number of hydrogen-bond donors (Lipinski definition) is 4. The third-order valence-corrected chi connectivity index (χ3v) is 5.98. The lowest BCUT2D eigenvalue weighted by Crippen LogP contribution is -2.15. The van der Waals surface area contributed by atoms with Gasteiger partial charge in [0.15, 0.2) is 0 Å². The van der Waals surface area contributed by atoms with Crippen LogP contribution in [0.4, 0.5) is 0 Å². The first-order valence-electron chi connectivity index (χ1n) is 9.59. The molecule has 0 fully saturated rings. The zero-order chi connectivity index (χ0) is 26.6. The first-order valence-corrected chi connectivity index (χ1v) is 12.5. The van der Waals surface area contributed by atoms with Crippen molar-refractivity contribution in [1.82, 2.24) is 30.8 Å². The molecule has 36 heavy (non-hydrogen) atoms. The van der Waals surface area contributed by atoms with E-state index in [1.165, 1.54) is 6.07 Å². The van der Waals surface area contributed by atoms with E-state index >= 15 is 0 Å². The number of nitrogens with zero attached hydrogens (tertiary/aromatic N) is 6. The highest BCUT2D eigenvalue weighted by atomic mass is 32.2. The molecule has 0 saturated carbocycles. The summed E-state index contributed by atoms with van der Waals surface area (Å²) in [5.41, 5.74) is 11.6. The molecular weight excluding hydrogens is 512 g/mol. The largest absolute Gasteiger partial charge is 0.397 e. The van der Waals surface area contributed by atoms with Gasteiger partial charge in [0.05, 0.1) is 36.2 Å². The average molecular weight is 533 g/mol. The fraction of sp³-hybridized carbons (Fsp3) is 0. The predicted octanol–water partition coefficient (Wildman–Crippen LogP) is 0.666. The monoisotopic (exact) mass is 532 g/mol. The van der Waals surface area contributed by atoms with E-state index in [9.17, 15) is 25.9 Å². The van der Waals surface area contributed by atoms with Crippen molar-refractivity contribution in [1.29, 1.82) is 0 Å².